The molecule has 0 spiro atoms. The molecule has 2 aromatic carbocycles. The molecule has 1 saturated heterocycles. The van der Waals surface area contributed by atoms with Gasteiger partial charge in [0.05, 0.1) is 23.3 Å². The number of ether oxygens (including phenoxy) is 1. The van der Waals surface area contributed by atoms with Gasteiger partial charge in [0.1, 0.15) is 29.7 Å². The second kappa shape index (κ2) is 13.3. The van der Waals surface area contributed by atoms with Gasteiger partial charge in [-0.15, -0.1) is 0 Å². The van der Waals surface area contributed by atoms with Crippen LogP contribution in [0.15, 0.2) is 55.0 Å². The average molecular weight is 775 g/mol. The van der Waals surface area contributed by atoms with E-state index in [1.54, 1.807) is 35.3 Å². The summed E-state index contributed by atoms with van der Waals surface area (Å²) in [5.74, 6) is -1.32. The fourth-order valence-corrected chi connectivity index (χ4v) is 6.97. The van der Waals surface area contributed by atoms with E-state index < -0.39 is 59.8 Å². The maximum Gasteiger partial charge on any atom is 0.411 e. The molecule has 7 rings (SSSR count). The molecule has 13 nitrogen and oxygen atoms in total. The largest absolute Gasteiger partial charge is 0.447 e. The maximum absolute atomic E-state index is 15.0. The van der Waals surface area contributed by atoms with E-state index in [0.29, 0.717) is 15.9 Å². The summed E-state index contributed by atoms with van der Waals surface area (Å²) in [5.41, 5.74) is -2.41. The smallest absolute Gasteiger partial charge is 0.411 e. The molecule has 3 heterocycles. The van der Waals surface area contributed by atoms with Gasteiger partial charge in [0.25, 0.3) is 5.91 Å². The van der Waals surface area contributed by atoms with Crippen LogP contribution in [0.25, 0.3) is 22.6 Å². The quantitative estimate of drug-likeness (QED) is 0.136. The topological polar surface area (TPSA) is 156 Å². The van der Waals surface area contributed by atoms with Crippen LogP contribution in [0, 0.1) is 10.8 Å². The van der Waals surface area contributed by atoms with Gasteiger partial charge in [-0.1, -0.05) is 62.7 Å². The first-order valence-corrected chi connectivity index (χ1v) is 17.5. The standard InChI is InChI=1S/C35H36ClF5N10O3/c1-32(2,3)17-34(21-7-4-19(5-8-21)25-15-44-51(48-25)22-9-10-22)28(52)49(30(42)46-34)26(16-54-31(53)47-33(12-13-33)35(39,40)41)20-6-11-24(36)23(14-20)27-43-18-45-50(27)29(37)38/h4-8,11,14-15,18,22,26,29H,9-10,12-13,16-17H2,1-3H3,(H2,42,46)(H,47,53)/t26-,34-/m1/s1. The van der Waals surface area contributed by atoms with Gasteiger partial charge < -0.3 is 15.4 Å². The number of aromatic nitrogens is 6. The predicted molar refractivity (Wildman–Crippen MR) is 184 cm³/mol. The summed E-state index contributed by atoms with van der Waals surface area (Å²) in [4.78, 5) is 34.5. The number of benzene rings is 2. The molecular weight excluding hydrogens is 739 g/mol. The van der Waals surface area contributed by atoms with Crippen LogP contribution in [-0.2, 0) is 15.1 Å². The molecule has 54 heavy (non-hydrogen) atoms. The van der Waals surface area contributed by atoms with Crippen LogP contribution in [0.1, 0.15) is 82.6 Å². The van der Waals surface area contributed by atoms with E-state index in [1.807, 2.05) is 26.1 Å². The van der Waals surface area contributed by atoms with Gasteiger partial charge in [-0.25, -0.2) is 9.78 Å². The number of nitrogens with zero attached hydrogens (tertiary/aromatic N) is 7. The van der Waals surface area contributed by atoms with E-state index in [-0.39, 0.29) is 47.3 Å². The highest BCUT2D eigenvalue weighted by Gasteiger charge is 2.64. The highest BCUT2D eigenvalue weighted by molar-refractivity contribution is 6.33. The van der Waals surface area contributed by atoms with E-state index in [9.17, 15) is 31.5 Å². The summed E-state index contributed by atoms with van der Waals surface area (Å²) in [6.45, 7) is 1.96. The molecule has 286 valence electrons. The molecule has 0 radical (unpaired) electrons. The lowest BCUT2D eigenvalue weighted by atomic mass is 9.75. The number of alkyl carbamates (subject to hydrolysis) is 1. The Morgan fingerprint density at radius 2 is 1.81 bits per heavy atom. The summed E-state index contributed by atoms with van der Waals surface area (Å²) in [6.07, 6.45) is -1.98. The van der Waals surface area contributed by atoms with Crippen molar-refractivity contribution in [2.45, 2.75) is 88.8 Å². The number of alkyl halides is 5. The molecule has 2 amide bonds. The molecular formula is C35H36ClF5N10O3. The minimum Gasteiger partial charge on any atom is -0.447 e. The minimum atomic E-state index is -4.72. The lowest BCUT2D eigenvalue weighted by Crippen LogP contribution is -2.49. The Morgan fingerprint density at radius 3 is 2.43 bits per heavy atom. The summed E-state index contributed by atoms with van der Waals surface area (Å²) >= 11 is 6.44. The van der Waals surface area contributed by atoms with Gasteiger partial charge in [-0.05, 0) is 60.8 Å². The summed E-state index contributed by atoms with van der Waals surface area (Å²) in [6, 6.07) is 10.2. The van der Waals surface area contributed by atoms with Crippen molar-refractivity contribution in [2.75, 3.05) is 6.61 Å². The van der Waals surface area contributed by atoms with Crippen LogP contribution in [0.4, 0.5) is 26.7 Å². The first kappa shape index (κ1) is 37.2. The number of nitrogens with one attached hydrogen (secondary N) is 3. The Labute approximate surface area is 310 Å². The molecule has 19 heteroatoms. The highest BCUT2D eigenvalue weighted by atomic mass is 35.5. The third-order valence-electron chi connectivity index (χ3n) is 9.70. The van der Waals surface area contributed by atoms with Crippen molar-refractivity contribution < 1.29 is 36.3 Å². The van der Waals surface area contributed by atoms with E-state index >= 15 is 0 Å². The predicted octanol–water partition coefficient (Wildman–Crippen LogP) is 7.15. The number of hydrogen-bond acceptors (Lipinski definition) is 8. The van der Waals surface area contributed by atoms with E-state index in [1.165, 1.54) is 18.2 Å². The van der Waals surface area contributed by atoms with Crippen LogP contribution < -0.4 is 10.6 Å². The van der Waals surface area contributed by atoms with Crippen molar-refractivity contribution in [3.8, 4) is 22.6 Å². The van der Waals surface area contributed by atoms with E-state index in [2.05, 4.69) is 25.6 Å². The molecule has 2 aliphatic carbocycles. The lowest BCUT2D eigenvalue weighted by Gasteiger charge is -2.35. The van der Waals surface area contributed by atoms with Gasteiger partial charge in [0.15, 0.2) is 11.8 Å². The van der Waals surface area contributed by atoms with Crippen LogP contribution in [0.3, 0.4) is 0 Å². The zero-order valence-corrected chi connectivity index (χ0v) is 30.0. The van der Waals surface area contributed by atoms with Crippen LogP contribution in [0.5, 0.6) is 0 Å². The van der Waals surface area contributed by atoms with Gasteiger partial charge in [-0.3, -0.25) is 15.1 Å². The molecule has 3 fully saturated rings. The van der Waals surface area contributed by atoms with Crippen molar-refractivity contribution in [3.63, 3.8) is 0 Å². The SMILES string of the molecule is CC(C)(C)C[C@]1(c2ccc(-c3cnn(C4CC4)n3)cc2)NC(=N)N([C@H](COC(=O)NC2(C(F)(F)F)CC2)c2ccc(Cl)c(-c3ncnn3C(F)F)c2)C1=O. The second-order valence-corrected chi connectivity index (χ2v) is 15.4. The molecule has 3 aliphatic rings. The molecule has 0 bridgehead atoms. The minimum absolute atomic E-state index is 0.00722. The van der Waals surface area contributed by atoms with Crippen molar-refractivity contribution >= 4 is 29.6 Å². The number of guanidine groups is 1. The fraction of sp³-hybridized carbons (Fsp3) is 0.457. The fourth-order valence-electron chi connectivity index (χ4n) is 6.77. The molecule has 3 N–H and O–H groups in total. The van der Waals surface area contributed by atoms with Crippen molar-refractivity contribution in [1.29, 1.82) is 5.41 Å². The number of halogens is 6. The van der Waals surface area contributed by atoms with Crippen molar-refractivity contribution in [3.05, 3.63) is 71.1 Å². The lowest BCUT2D eigenvalue weighted by molar-refractivity contribution is -0.164. The normalized spacial score (nSPS) is 20.3. The number of amides is 2. The summed E-state index contributed by atoms with van der Waals surface area (Å²) < 4.78 is 74.4. The molecule has 0 unspecified atom stereocenters. The number of carbonyl (C=O) groups is 2. The van der Waals surface area contributed by atoms with Crippen molar-refractivity contribution in [1.82, 2.24) is 45.3 Å². The first-order chi connectivity index (χ1) is 25.4. The van der Waals surface area contributed by atoms with Crippen LogP contribution >= 0.6 is 11.6 Å². The number of carbonyl (C=O) groups excluding carboxylic acids is 2. The second-order valence-electron chi connectivity index (χ2n) is 15.0. The Kier molecular flexibility index (Phi) is 9.17. The summed E-state index contributed by atoms with van der Waals surface area (Å²) in [5, 5.41) is 26.6. The molecule has 4 aromatic rings. The molecule has 2 atom stereocenters. The van der Waals surface area contributed by atoms with Gasteiger partial charge in [0, 0.05) is 11.1 Å². The van der Waals surface area contributed by atoms with Gasteiger partial charge in [-0.2, -0.15) is 46.7 Å². The third kappa shape index (κ3) is 6.98. The van der Waals surface area contributed by atoms with E-state index in [0.717, 1.165) is 29.6 Å². The van der Waals surface area contributed by atoms with Gasteiger partial charge in [0.2, 0.25) is 0 Å². The molecule has 2 saturated carbocycles. The molecule has 1 aliphatic heterocycles. The van der Waals surface area contributed by atoms with Crippen LogP contribution in [-0.4, -0.2) is 70.9 Å². The monoisotopic (exact) mass is 774 g/mol. The third-order valence-corrected chi connectivity index (χ3v) is 10.0. The zero-order chi connectivity index (χ0) is 38.8. The zero-order valence-electron chi connectivity index (χ0n) is 29.3. The Hall–Kier alpha value is -5.13. The Balaban J connectivity index is 1.26. The average Bonchev–Trinajstić information content (AvgIpc) is 3.97. The molecule has 2 aromatic heterocycles. The Morgan fingerprint density at radius 1 is 1.11 bits per heavy atom. The van der Waals surface area contributed by atoms with Crippen molar-refractivity contribution in [2.24, 2.45) is 5.41 Å². The first-order valence-electron chi connectivity index (χ1n) is 17.1. The van der Waals surface area contributed by atoms with Gasteiger partial charge >= 0.3 is 18.8 Å². The maximum atomic E-state index is 15.0. The van der Waals surface area contributed by atoms with Crippen LogP contribution in [0.2, 0.25) is 5.02 Å². The summed E-state index contributed by atoms with van der Waals surface area (Å²) in [7, 11) is 0. The number of hydrogen-bond donors (Lipinski definition) is 3. The Bertz CT molecular complexity index is 2090. The highest BCUT2D eigenvalue weighted by Crippen LogP contribution is 2.49. The number of rotatable bonds is 11. The van der Waals surface area contributed by atoms with E-state index in [4.69, 9.17) is 21.7 Å².